The fourth-order valence-electron chi connectivity index (χ4n) is 2.11. The van der Waals surface area contributed by atoms with Crippen molar-refractivity contribution in [3.63, 3.8) is 0 Å². The van der Waals surface area contributed by atoms with E-state index in [4.69, 9.17) is 9.84 Å². The molecule has 6 nitrogen and oxygen atoms in total. The summed E-state index contributed by atoms with van der Waals surface area (Å²) in [5, 5.41) is 14.4. The molecule has 0 aliphatic carbocycles. The minimum Gasteiger partial charge on any atom is -0.480 e. The normalized spacial score (nSPS) is 13.2. The van der Waals surface area contributed by atoms with E-state index in [1.807, 2.05) is 12.1 Å². The van der Waals surface area contributed by atoms with Crippen LogP contribution in [-0.2, 0) is 16.0 Å². The lowest BCUT2D eigenvalue weighted by atomic mass is 10.0. The molecule has 0 spiro atoms. The van der Waals surface area contributed by atoms with Gasteiger partial charge in [-0.2, -0.15) is 0 Å². The average Bonchev–Trinajstić information content (AvgIpc) is 2.46. The molecule has 0 bridgehead atoms. The fraction of sp³-hybridized carbons (Fsp3) is 0.429. The van der Waals surface area contributed by atoms with Gasteiger partial charge in [-0.25, -0.2) is 4.79 Å². The Kier molecular flexibility index (Phi) is 4.95. The van der Waals surface area contributed by atoms with Gasteiger partial charge < -0.3 is 20.5 Å². The molecule has 20 heavy (non-hydrogen) atoms. The van der Waals surface area contributed by atoms with Crippen molar-refractivity contribution in [1.82, 2.24) is 5.32 Å². The maximum absolute atomic E-state index is 11.9. The summed E-state index contributed by atoms with van der Waals surface area (Å²) in [4.78, 5) is 22.2. The number of aliphatic carboxylic acids is 1. The van der Waals surface area contributed by atoms with Crippen LogP contribution in [0.5, 0.6) is 0 Å². The van der Waals surface area contributed by atoms with Crippen molar-refractivity contribution in [2.24, 2.45) is 0 Å². The number of fused-ring (bicyclic) bond motifs is 1. The first-order valence-corrected chi connectivity index (χ1v) is 6.61. The molecule has 0 saturated heterocycles. The van der Waals surface area contributed by atoms with Gasteiger partial charge in [0.05, 0.1) is 6.61 Å². The van der Waals surface area contributed by atoms with E-state index in [1.165, 1.54) is 0 Å². The maximum Gasteiger partial charge on any atom is 0.329 e. The number of amides is 1. The van der Waals surface area contributed by atoms with E-state index < -0.39 is 5.97 Å². The molecule has 108 valence electrons. The largest absolute Gasteiger partial charge is 0.480 e. The highest BCUT2D eigenvalue weighted by Crippen LogP contribution is 2.22. The fourth-order valence-corrected chi connectivity index (χ4v) is 2.11. The molecular weight excluding hydrogens is 260 g/mol. The second kappa shape index (κ2) is 6.91. The Morgan fingerprint density at radius 2 is 2.25 bits per heavy atom. The minimum atomic E-state index is -1.02. The van der Waals surface area contributed by atoms with Crippen LogP contribution < -0.4 is 10.6 Å². The Morgan fingerprint density at radius 1 is 1.40 bits per heavy atom. The van der Waals surface area contributed by atoms with Crippen LogP contribution in [0.4, 0.5) is 5.69 Å². The second-order valence-corrected chi connectivity index (χ2v) is 4.60. The molecule has 0 saturated carbocycles. The van der Waals surface area contributed by atoms with Crippen LogP contribution in [0.1, 0.15) is 22.3 Å². The number of nitrogens with one attached hydrogen (secondary N) is 2. The van der Waals surface area contributed by atoms with Gasteiger partial charge in [0.1, 0.15) is 6.61 Å². The summed E-state index contributed by atoms with van der Waals surface area (Å²) in [6.07, 6.45) is 2.05. The summed E-state index contributed by atoms with van der Waals surface area (Å²) in [6.45, 7) is 1.10. The van der Waals surface area contributed by atoms with Crippen molar-refractivity contribution in [2.45, 2.75) is 12.8 Å². The first-order valence-electron chi connectivity index (χ1n) is 6.61. The van der Waals surface area contributed by atoms with Crippen molar-refractivity contribution in [3.05, 3.63) is 29.3 Å². The third kappa shape index (κ3) is 3.96. The quantitative estimate of drug-likeness (QED) is 0.672. The summed E-state index contributed by atoms with van der Waals surface area (Å²) in [7, 11) is 0. The van der Waals surface area contributed by atoms with E-state index in [2.05, 4.69) is 10.6 Å². The lowest BCUT2D eigenvalue weighted by Gasteiger charge is -2.18. The number of benzene rings is 1. The van der Waals surface area contributed by atoms with Crippen LogP contribution in [0.2, 0.25) is 0 Å². The topological polar surface area (TPSA) is 87.7 Å². The number of ether oxygens (including phenoxy) is 1. The molecule has 2 rings (SSSR count). The summed E-state index contributed by atoms with van der Waals surface area (Å²) in [5.41, 5.74) is 2.87. The van der Waals surface area contributed by atoms with Crippen molar-refractivity contribution in [3.8, 4) is 0 Å². The van der Waals surface area contributed by atoms with Gasteiger partial charge in [0.2, 0.25) is 0 Å². The zero-order chi connectivity index (χ0) is 14.4. The van der Waals surface area contributed by atoms with E-state index in [1.54, 1.807) is 6.07 Å². The number of carbonyl (C=O) groups excluding carboxylic acids is 1. The highest BCUT2D eigenvalue weighted by molar-refractivity contribution is 5.94. The molecule has 0 fully saturated rings. The Hall–Kier alpha value is -2.08. The predicted octanol–water partition coefficient (Wildman–Crippen LogP) is 0.876. The Bertz CT molecular complexity index is 502. The van der Waals surface area contributed by atoms with Crippen molar-refractivity contribution >= 4 is 17.6 Å². The standard InChI is InChI=1S/C14H18N2O4/c17-13(18)9-20-7-6-16-14(19)11-3-4-12-10(8-11)2-1-5-15-12/h3-4,8,15H,1-2,5-7,9H2,(H,16,19)(H,17,18). The number of carboxylic acid groups (broad SMARTS) is 1. The SMILES string of the molecule is O=C(O)COCCNC(=O)c1ccc2c(c1)CCCN2. The molecule has 3 N–H and O–H groups in total. The summed E-state index contributed by atoms with van der Waals surface area (Å²) in [6, 6.07) is 5.60. The van der Waals surface area contributed by atoms with Crippen molar-refractivity contribution in [1.29, 1.82) is 0 Å². The van der Waals surface area contributed by atoms with Crippen molar-refractivity contribution in [2.75, 3.05) is 31.6 Å². The third-order valence-corrected chi connectivity index (χ3v) is 3.06. The van der Waals surface area contributed by atoms with E-state index in [9.17, 15) is 9.59 Å². The molecule has 0 aromatic heterocycles. The molecule has 1 aliphatic rings. The molecule has 6 heteroatoms. The van der Waals surface area contributed by atoms with Gasteiger partial charge in [0.25, 0.3) is 5.91 Å². The van der Waals surface area contributed by atoms with Gasteiger partial charge in [-0.1, -0.05) is 0 Å². The van der Waals surface area contributed by atoms with Gasteiger partial charge in [-0.15, -0.1) is 0 Å². The maximum atomic E-state index is 11.9. The number of anilines is 1. The molecule has 1 aromatic rings. The molecule has 0 unspecified atom stereocenters. The highest BCUT2D eigenvalue weighted by atomic mass is 16.5. The van der Waals surface area contributed by atoms with Crippen molar-refractivity contribution < 1.29 is 19.4 Å². The van der Waals surface area contributed by atoms with Crippen LogP contribution >= 0.6 is 0 Å². The summed E-state index contributed by atoms with van der Waals surface area (Å²) in [5.74, 6) is -1.18. The first kappa shape index (κ1) is 14.3. The molecule has 0 radical (unpaired) electrons. The van der Waals surface area contributed by atoms with Crippen LogP contribution in [0.25, 0.3) is 0 Å². The number of carbonyl (C=O) groups is 2. The molecule has 1 heterocycles. The second-order valence-electron chi connectivity index (χ2n) is 4.60. The Morgan fingerprint density at radius 3 is 3.05 bits per heavy atom. The molecule has 1 amide bonds. The van der Waals surface area contributed by atoms with Crippen LogP contribution in [-0.4, -0.2) is 43.3 Å². The average molecular weight is 278 g/mol. The Labute approximate surface area is 117 Å². The van der Waals surface area contributed by atoms with Gasteiger partial charge >= 0.3 is 5.97 Å². The first-order chi connectivity index (χ1) is 9.66. The zero-order valence-electron chi connectivity index (χ0n) is 11.1. The summed E-state index contributed by atoms with van der Waals surface area (Å²) >= 11 is 0. The van der Waals surface area contributed by atoms with E-state index >= 15 is 0 Å². The van der Waals surface area contributed by atoms with E-state index in [0.29, 0.717) is 12.1 Å². The molecule has 1 aromatic carbocycles. The summed E-state index contributed by atoms with van der Waals surface area (Å²) < 4.78 is 4.85. The lowest BCUT2D eigenvalue weighted by Crippen LogP contribution is -2.28. The highest BCUT2D eigenvalue weighted by Gasteiger charge is 2.12. The van der Waals surface area contributed by atoms with E-state index in [-0.39, 0.29) is 19.1 Å². The lowest BCUT2D eigenvalue weighted by molar-refractivity contribution is -0.142. The number of hydrogen-bond acceptors (Lipinski definition) is 4. The zero-order valence-corrected chi connectivity index (χ0v) is 11.1. The van der Waals surface area contributed by atoms with Crippen LogP contribution in [0.3, 0.4) is 0 Å². The molecule has 0 atom stereocenters. The number of carboxylic acids is 1. The monoisotopic (exact) mass is 278 g/mol. The van der Waals surface area contributed by atoms with Gasteiger partial charge in [0.15, 0.2) is 0 Å². The van der Waals surface area contributed by atoms with Gasteiger partial charge in [-0.05, 0) is 36.6 Å². The third-order valence-electron chi connectivity index (χ3n) is 3.06. The van der Waals surface area contributed by atoms with Gasteiger partial charge in [0, 0.05) is 24.3 Å². The predicted molar refractivity (Wildman–Crippen MR) is 74.0 cm³/mol. The number of rotatable bonds is 6. The molecule has 1 aliphatic heterocycles. The smallest absolute Gasteiger partial charge is 0.329 e. The van der Waals surface area contributed by atoms with Gasteiger partial charge in [-0.3, -0.25) is 4.79 Å². The van der Waals surface area contributed by atoms with Crippen LogP contribution in [0.15, 0.2) is 18.2 Å². The minimum absolute atomic E-state index is 0.169. The Balaban J connectivity index is 1.82. The molecular formula is C14H18N2O4. The number of hydrogen-bond donors (Lipinski definition) is 3. The van der Waals surface area contributed by atoms with E-state index in [0.717, 1.165) is 30.6 Å². The van der Waals surface area contributed by atoms with Crippen LogP contribution in [0, 0.1) is 0 Å². The number of aryl methyl sites for hydroxylation is 1.